The Morgan fingerprint density at radius 3 is 2.13 bits per heavy atom. The number of sulfone groups is 1. The molecule has 3 aromatic rings. The Balaban J connectivity index is 2.10. The zero-order chi connectivity index (χ0) is 23.0. The summed E-state index contributed by atoms with van der Waals surface area (Å²) in [6, 6.07) is 10.6. The Kier molecular flexibility index (Phi) is 6.14. The third-order valence-electron chi connectivity index (χ3n) is 5.33. The van der Waals surface area contributed by atoms with E-state index in [9.17, 15) is 8.42 Å². The van der Waals surface area contributed by atoms with Gasteiger partial charge in [-0.1, -0.05) is 45.0 Å². The first-order valence-electron chi connectivity index (χ1n) is 10.1. The predicted octanol–water partition coefficient (Wildman–Crippen LogP) is 4.29. The van der Waals surface area contributed by atoms with Crippen LogP contribution in [-0.2, 0) is 21.7 Å². The summed E-state index contributed by atoms with van der Waals surface area (Å²) in [5.41, 5.74) is 2.92. The van der Waals surface area contributed by atoms with Crippen molar-refractivity contribution in [1.29, 1.82) is 0 Å². The van der Waals surface area contributed by atoms with Crippen molar-refractivity contribution >= 4 is 9.84 Å². The van der Waals surface area contributed by atoms with Crippen LogP contribution in [0.4, 0.5) is 0 Å². The number of benzene rings is 2. The molecule has 0 bridgehead atoms. The topological polar surface area (TPSA) is 83.3 Å². The Morgan fingerprint density at radius 2 is 1.61 bits per heavy atom. The van der Waals surface area contributed by atoms with Gasteiger partial charge in [0, 0.05) is 6.07 Å². The highest BCUT2D eigenvalue weighted by Crippen LogP contribution is 2.34. The average Bonchev–Trinajstić information content (AvgIpc) is 3.14. The number of rotatable bonds is 6. The molecular weight excluding hydrogens is 414 g/mol. The molecule has 0 fully saturated rings. The van der Waals surface area contributed by atoms with Crippen LogP contribution in [0.25, 0.3) is 5.69 Å². The molecule has 0 spiro atoms. The molecule has 0 atom stereocenters. The van der Waals surface area contributed by atoms with Crippen molar-refractivity contribution in [3.05, 3.63) is 53.2 Å². The fourth-order valence-corrected chi connectivity index (χ4v) is 4.76. The molecule has 1 heterocycles. The van der Waals surface area contributed by atoms with Crippen LogP contribution in [0, 0.1) is 6.92 Å². The van der Waals surface area contributed by atoms with E-state index in [4.69, 9.17) is 9.47 Å². The molecule has 0 unspecified atom stereocenters. The summed E-state index contributed by atoms with van der Waals surface area (Å²) < 4.78 is 39.0. The second kappa shape index (κ2) is 8.34. The molecule has 166 valence electrons. The summed E-state index contributed by atoms with van der Waals surface area (Å²) in [4.78, 5) is 0.182. The average molecular weight is 444 g/mol. The van der Waals surface area contributed by atoms with Gasteiger partial charge in [0.15, 0.2) is 0 Å². The number of nitrogens with zero attached hydrogens (tertiary/aromatic N) is 3. The van der Waals surface area contributed by atoms with E-state index >= 15 is 0 Å². The number of hydrogen-bond acceptors (Lipinski definition) is 6. The summed E-state index contributed by atoms with van der Waals surface area (Å²) in [5, 5.41) is 8.05. The van der Waals surface area contributed by atoms with Crippen LogP contribution in [0.5, 0.6) is 11.5 Å². The normalized spacial score (nSPS) is 12.1. The summed E-state index contributed by atoms with van der Waals surface area (Å²) in [6.45, 7) is 9.94. The SMILES string of the molecule is CCc1cc(OC)c(-n2nnc(S(=O)(=O)c3ccc(C(C)(C)C)cc3)c2C)cc1OC. The second-order valence-electron chi connectivity index (χ2n) is 8.36. The molecule has 0 saturated carbocycles. The van der Waals surface area contributed by atoms with Crippen molar-refractivity contribution < 1.29 is 17.9 Å². The molecule has 3 rings (SSSR count). The van der Waals surface area contributed by atoms with Gasteiger partial charge < -0.3 is 9.47 Å². The molecule has 0 aliphatic rings. The number of methoxy groups -OCH3 is 2. The van der Waals surface area contributed by atoms with E-state index < -0.39 is 9.84 Å². The van der Waals surface area contributed by atoms with Crippen LogP contribution in [0.1, 0.15) is 44.5 Å². The predicted molar refractivity (Wildman–Crippen MR) is 119 cm³/mol. The minimum atomic E-state index is -3.83. The lowest BCUT2D eigenvalue weighted by molar-refractivity contribution is 0.396. The Morgan fingerprint density at radius 1 is 1.00 bits per heavy atom. The summed E-state index contributed by atoms with van der Waals surface area (Å²) >= 11 is 0. The lowest BCUT2D eigenvalue weighted by Crippen LogP contribution is -2.12. The lowest BCUT2D eigenvalue weighted by atomic mass is 9.87. The third-order valence-corrected chi connectivity index (χ3v) is 7.11. The first-order chi connectivity index (χ1) is 14.5. The van der Waals surface area contributed by atoms with Crippen molar-refractivity contribution in [2.75, 3.05) is 14.2 Å². The highest BCUT2D eigenvalue weighted by molar-refractivity contribution is 7.91. The van der Waals surface area contributed by atoms with Gasteiger partial charge in [-0.05, 0) is 48.1 Å². The zero-order valence-corrected chi connectivity index (χ0v) is 19.9. The standard InChI is InChI=1S/C23H29N3O4S/c1-8-16-13-21(30-7)19(14-20(16)29-6)26-15(2)22(24-25-26)31(27,28)18-11-9-17(10-12-18)23(3,4)5/h9-14H,8H2,1-7H3. The molecule has 8 heteroatoms. The van der Waals surface area contributed by atoms with Crippen LogP contribution in [0.2, 0.25) is 0 Å². The minimum Gasteiger partial charge on any atom is -0.496 e. The Labute approximate surface area is 183 Å². The number of aryl methyl sites for hydroxylation is 1. The molecule has 7 nitrogen and oxygen atoms in total. The number of aromatic nitrogens is 3. The van der Waals surface area contributed by atoms with Gasteiger partial charge in [-0.2, -0.15) is 0 Å². The van der Waals surface area contributed by atoms with Crippen molar-refractivity contribution in [3.63, 3.8) is 0 Å². The highest BCUT2D eigenvalue weighted by Gasteiger charge is 2.27. The first-order valence-corrected chi connectivity index (χ1v) is 11.6. The van der Waals surface area contributed by atoms with E-state index in [1.807, 2.05) is 25.1 Å². The molecule has 31 heavy (non-hydrogen) atoms. The minimum absolute atomic E-state index is 0.0679. The number of ether oxygens (including phenoxy) is 2. The van der Waals surface area contributed by atoms with Gasteiger partial charge in [-0.25, -0.2) is 13.1 Å². The smallest absolute Gasteiger partial charge is 0.227 e. The van der Waals surface area contributed by atoms with E-state index in [0.717, 1.165) is 17.5 Å². The summed E-state index contributed by atoms with van der Waals surface area (Å²) in [5.74, 6) is 1.24. The van der Waals surface area contributed by atoms with E-state index in [-0.39, 0.29) is 15.3 Å². The van der Waals surface area contributed by atoms with Crippen LogP contribution in [0.15, 0.2) is 46.3 Å². The molecule has 0 N–H and O–H groups in total. The fraction of sp³-hybridized carbons (Fsp3) is 0.391. The summed E-state index contributed by atoms with van der Waals surface area (Å²) in [6.07, 6.45) is 0.764. The zero-order valence-electron chi connectivity index (χ0n) is 19.1. The highest BCUT2D eigenvalue weighted by atomic mass is 32.2. The van der Waals surface area contributed by atoms with Gasteiger partial charge in [0.1, 0.15) is 17.2 Å². The fourth-order valence-electron chi connectivity index (χ4n) is 3.42. The maximum absolute atomic E-state index is 13.3. The van der Waals surface area contributed by atoms with Crippen molar-refractivity contribution in [1.82, 2.24) is 15.0 Å². The molecule has 1 aromatic heterocycles. The largest absolute Gasteiger partial charge is 0.496 e. The van der Waals surface area contributed by atoms with Crippen LogP contribution < -0.4 is 9.47 Å². The second-order valence-corrected chi connectivity index (χ2v) is 10.2. The van der Waals surface area contributed by atoms with Crippen LogP contribution in [-0.4, -0.2) is 37.6 Å². The van der Waals surface area contributed by atoms with Crippen molar-refractivity contribution in [2.24, 2.45) is 0 Å². The first kappa shape index (κ1) is 22.8. The number of hydrogen-bond donors (Lipinski definition) is 0. The van der Waals surface area contributed by atoms with Crippen LogP contribution in [0.3, 0.4) is 0 Å². The molecular formula is C23H29N3O4S. The maximum atomic E-state index is 13.3. The van der Waals surface area contributed by atoms with Gasteiger partial charge in [0.2, 0.25) is 14.9 Å². The molecule has 0 radical (unpaired) electrons. The molecule has 0 aliphatic carbocycles. The van der Waals surface area contributed by atoms with Gasteiger partial charge in [0.25, 0.3) is 0 Å². The quantitative estimate of drug-likeness (QED) is 0.565. The van der Waals surface area contributed by atoms with E-state index in [2.05, 4.69) is 31.1 Å². The molecule has 0 amide bonds. The Hall–Kier alpha value is -2.87. The van der Waals surface area contributed by atoms with Gasteiger partial charge >= 0.3 is 0 Å². The van der Waals surface area contributed by atoms with Crippen molar-refractivity contribution in [2.45, 2.75) is 56.4 Å². The van der Waals surface area contributed by atoms with E-state index in [1.165, 1.54) is 4.68 Å². The van der Waals surface area contributed by atoms with Gasteiger partial charge in [-0.15, -0.1) is 5.10 Å². The monoisotopic (exact) mass is 443 g/mol. The lowest BCUT2D eigenvalue weighted by Gasteiger charge is -2.19. The summed E-state index contributed by atoms with van der Waals surface area (Å²) in [7, 11) is -0.679. The molecule has 0 saturated heterocycles. The third kappa shape index (κ3) is 4.17. The van der Waals surface area contributed by atoms with E-state index in [0.29, 0.717) is 22.9 Å². The molecule has 2 aromatic carbocycles. The molecule has 0 aliphatic heterocycles. The van der Waals surface area contributed by atoms with E-state index in [1.54, 1.807) is 39.3 Å². The van der Waals surface area contributed by atoms with Crippen molar-refractivity contribution in [3.8, 4) is 17.2 Å². The van der Waals surface area contributed by atoms with Crippen LogP contribution >= 0.6 is 0 Å². The Bertz CT molecular complexity index is 1190. The van der Waals surface area contributed by atoms with Gasteiger partial charge in [0.05, 0.1) is 24.8 Å². The van der Waals surface area contributed by atoms with Gasteiger partial charge in [-0.3, -0.25) is 0 Å². The maximum Gasteiger partial charge on any atom is 0.227 e.